The minimum Gasteiger partial charge on any atom is -0.451 e. The summed E-state index contributed by atoms with van der Waals surface area (Å²) in [5, 5.41) is 11.8. The van der Waals surface area contributed by atoms with Crippen molar-refractivity contribution in [2.45, 2.75) is 83.3 Å². The van der Waals surface area contributed by atoms with E-state index < -0.39 is 35.1 Å². The van der Waals surface area contributed by atoms with Crippen LogP contribution >= 0.6 is 0 Å². The Morgan fingerprint density at radius 1 is 0.961 bits per heavy atom. The number of likely N-dealkylation sites (N-methyl/N-ethyl adjacent to an activating group) is 1. The molecule has 1 aromatic carbocycles. The fourth-order valence-corrected chi connectivity index (χ4v) is 11.6. The van der Waals surface area contributed by atoms with Gasteiger partial charge in [0.1, 0.15) is 23.9 Å². The Balaban J connectivity index is 0.990. The number of carbonyl (C=O) groups excluding carboxylic acids is 5. The van der Waals surface area contributed by atoms with Crippen molar-refractivity contribution in [1.29, 1.82) is 0 Å². The number of ketones is 1. The molecule has 8 bridgehead atoms. The van der Waals surface area contributed by atoms with Gasteiger partial charge in [0, 0.05) is 36.2 Å². The molecule has 0 spiro atoms. The van der Waals surface area contributed by atoms with Crippen molar-refractivity contribution in [1.82, 2.24) is 20.5 Å². The number of aromatic nitrogens is 1. The van der Waals surface area contributed by atoms with Crippen molar-refractivity contribution in [2.75, 3.05) is 12.4 Å². The lowest BCUT2D eigenvalue weighted by Crippen LogP contribution is -2.80. The number of nitrogens with one attached hydrogen (secondary N) is 4. The van der Waals surface area contributed by atoms with Gasteiger partial charge in [-0.1, -0.05) is 25.1 Å². The third kappa shape index (κ3) is 5.23. The Morgan fingerprint density at radius 2 is 1.69 bits per heavy atom. The number of carbonyl (C=O) groups is 5. The topological polar surface area (TPSA) is 169 Å². The smallest absolute Gasteiger partial charge is 0.287 e. The summed E-state index contributed by atoms with van der Waals surface area (Å²) in [4.78, 5) is 78.8. The Labute approximate surface area is 295 Å². The fraction of sp³-hybridized carbons (Fsp3) is 0.538. The van der Waals surface area contributed by atoms with Crippen LogP contribution in [-0.2, 0) is 25.7 Å². The van der Waals surface area contributed by atoms with Crippen molar-refractivity contribution in [3.05, 3.63) is 64.3 Å². The molecule has 51 heavy (non-hydrogen) atoms. The summed E-state index contributed by atoms with van der Waals surface area (Å²) in [6, 6.07) is 8.86. The summed E-state index contributed by atoms with van der Waals surface area (Å²) in [5.41, 5.74) is 0.272. The van der Waals surface area contributed by atoms with Crippen LogP contribution in [0.25, 0.3) is 11.0 Å². The van der Waals surface area contributed by atoms with E-state index in [1.807, 2.05) is 12.1 Å². The maximum atomic E-state index is 13.9. The first-order valence-corrected chi connectivity index (χ1v) is 18.3. The van der Waals surface area contributed by atoms with Crippen molar-refractivity contribution in [3.8, 4) is 0 Å². The van der Waals surface area contributed by atoms with E-state index in [1.54, 1.807) is 25.1 Å². The number of anilines is 1. The van der Waals surface area contributed by atoms with Crippen LogP contribution in [0.2, 0.25) is 0 Å². The highest BCUT2D eigenvalue weighted by Gasteiger charge is 2.75. The predicted octanol–water partition coefficient (Wildman–Crippen LogP) is 3.70. The number of fused-ring (bicyclic) bond motifs is 1. The van der Waals surface area contributed by atoms with Crippen molar-refractivity contribution >= 4 is 46.1 Å². The van der Waals surface area contributed by atoms with Crippen LogP contribution in [0.1, 0.15) is 74.4 Å². The minimum absolute atomic E-state index is 0.00811. The Hall–Kier alpha value is -4.74. The van der Waals surface area contributed by atoms with Crippen LogP contribution < -0.4 is 26.8 Å². The first-order valence-electron chi connectivity index (χ1n) is 18.3. The molecule has 10 rings (SSSR count). The Bertz CT molecular complexity index is 2030. The van der Waals surface area contributed by atoms with Crippen molar-refractivity contribution < 1.29 is 28.4 Å². The summed E-state index contributed by atoms with van der Waals surface area (Å²) in [5.74, 6) is 0.804. The molecular formula is C39H45N5O7. The molecule has 12 nitrogen and oxygen atoms in total. The number of hydrogen-bond acceptors (Lipinski definition) is 7. The van der Waals surface area contributed by atoms with Gasteiger partial charge in [0.2, 0.25) is 17.6 Å². The van der Waals surface area contributed by atoms with Crippen LogP contribution in [0, 0.1) is 47.8 Å². The third-order valence-corrected chi connectivity index (χ3v) is 13.5. The van der Waals surface area contributed by atoms with Gasteiger partial charge in [-0.2, -0.15) is 0 Å². The number of pyridine rings is 1. The zero-order valence-electron chi connectivity index (χ0n) is 29.3. The largest absolute Gasteiger partial charge is 0.451 e. The highest BCUT2D eigenvalue weighted by molar-refractivity contribution is 6.36. The van der Waals surface area contributed by atoms with Crippen LogP contribution in [0.15, 0.2) is 51.8 Å². The average molecular weight is 696 g/mol. The number of Topliss-reactive ketones (excluding diaryl/α,β-unsaturated/α-hetero) is 1. The molecule has 2 heterocycles. The molecule has 7 fully saturated rings. The van der Waals surface area contributed by atoms with Crippen molar-refractivity contribution in [3.63, 3.8) is 0 Å². The highest BCUT2D eigenvalue weighted by atomic mass is 16.3. The molecule has 7 saturated carbocycles. The summed E-state index contributed by atoms with van der Waals surface area (Å²) in [6.07, 6.45) is 8.25. The van der Waals surface area contributed by atoms with Gasteiger partial charge in [0.15, 0.2) is 5.76 Å². The van der Waals surface area contributed by atoms with E-state index in [2.05, 4.69) is 28.2 Å². The van der Waals surface area contributed by atoms with Gasteiger partial charge < -0.3 is 30.3 Å². The molecule has 0 aliphatic heterocycles. The number of rotatable bonds is 11. The highest BCUT2D eigenvalue weighted by Crippen LogP contribution is 2.77. The van der Waals surface area contributed by atoms with Gasteiger partial charge in [-0.15, -0.1) is 0 Å². The van der Waals surface area contributed by atoms with Gasteiger partial charge in [-0.25, -0.2) is 0 Å². The molecule has 4 N–H and O–H groups in total. The molecule has 3 aromatic rings. The second kappa shape index (κ2) is 12.2. The number of aryl methyl sites for hydroxylation is 1. The first kappa shape index (κ1) is 33.4. The van der Waals surface area contributed by atoms with Gasteiger partial charge in [-0.05, 0) is 111 Å². The average Bonchev–Trinajstić information content (AvgIpc) is 3.46. The van der Waals surface area contributed by atoms with E-state index in [9.17, 15) is 28.8 Å². The van der Waals surface area contributed by atoms with E-state index in [0.717, 1.165) is 30.1 Å². The van der Waals surface area contributed by atoms with Gasteiger partial charge in [0.05, 0.1) is 0 Å². The Kier molecular flexibility index (Phi) is 7.99. The third-order valence-electron chi connectivity index (χ3n) is 13.5. The molecular weight excluding hydrogens is 650 g/mol. The van der Waals surface area contributed by atoms with Crippen molar-refractivity contribution in [2.24, 2.45) is 40.9 Å². The van der Waals surface area contributed by atoms with E-state index in [-0.39, 0.29) is 47.7 Å². The Morgan fingerprint density at radius 3 is 2.45 bits per heavy atom. The number of hydrogen-bond donors (Lipinski definition) is 4. The second-order valence-corrected chi connectivity index (χ2v) is 16.0. The van der Waals surface area contributed by atoms with E-state index >= 15 is 0 Å². The van der Waals surface area contributed by atoms with E-state index in [4.69, 9.17) is 4.42 Å². The summed E-state index contributed by atoms with van der Waals surface area (Å²) in [7, 11) is 1.33. The predicted molar refractivity (Wildman–Crippen MR) is 187 cm³/mol. The standard InChI is InChI=1S/C39H45N5O7/c1-20-23-7-4-5-9-31(23)51-33(20)36(49)41-28(10-11-30(45)35(48)40-3)34(47)42-29-8-6-12-44(37(29)50)19-32(46)43-39-18-22-14-25-24-13-21(16-27(25)39)17-38(39,2)26(24)15-22/h4-9,12,21-22,24-28H,10-11,13-19H2,1-3H3,(H,40,48)(H,41,49)(H,42,47)(H,43,46)/t21-,22?,24+,25?,26?,27?,28-,38?,39?/m0/s1. The molecule has 0 saturated heterocycles. The fourth-order valence-electron chi connectivity index (χ4n) is 11.6. The molecule has 7 aliphatic carbocycles. The first-order chi connectivity index (χ1) is 24.4. The SMILES string of the molecule is CNC(=O)C(=O)CC[C@H](NC(=O)c1oc2ccccc2c1C)C(=O)Nc1cccn(CC(=O)NC23CC4CC5C2C[C@@H]2C[C@H]5C(C4)C3(C)C2)c1=O. The lowest BCUT2D eigenvalue weighted by molar-refractivity contribution is -0.269. The number of amides is 4. The molecule has 4 amide bonds. The summed E-state index contributed by atoms with van der Waals surface area (Å²) >= 11 is 0. The summed E-state index contributed by atoms with van der Waals surface area (Å²) < 4.78 is 7.06. The molecule has 6 unspecified atom stereocenters. The van der Waals surface area contributed by atoms with Gasteiger partial charge in [-0.3, -0.25) is 28.8 Å². The second-order valence-electron chi connectivity index (χ2n) is 16.0. The van der Waals surface area contributed by atoms with Gasteiger partial charge >= 0.3 is 0 Å². The summed E-state index contributed by atoms with van der Waals surface area (Å²) in [6.45, 7) is 3.95. The number of benzene rings is 1. The van der Waals surface area contributed by atoms with Crippen LogP contribution in [0.3, 0.4) is 0 Å². The maximum Gasteiger partial charge on any atom is 0.287 e. The van der Waals surface area contributed by atoms with Crippen LogP contribution in [0.5, 0.6) is 0 Å². The van der Waals surface area contributed by atoms with E-state index in [0.29, 0.717) is 34.8 Å². The lowest BCUT2D eigenvalue weighted by atomic mass is 9.28. The molecule has 12 heteroatoms. The number of furan rings is 1. The lowest BCUT2D eigenvalue weighted by Gasteiger charge is -2.78. The monoisotopic (exact) mass is 695 g/mol. The number of para-hydroxylation sites is 1. The van der Waals surface area contributed by atoms with E-state index in [1.165, 1.54) is 49.6 Å². The zero-order valence-corrected chi connectivity index (χ0v) is 29.3. The van der Waals surface area contributed by atoms with Crippen LogP contribution in [0.4, 0.5) is 5.69 Å². The molecule has 0 radical (unpaired) electrons. The van der Waals surface area contributed by atoms with Gasteiger partial charge in [0.25, 0.3) is 17.4 Å². The molecule has 2 aromatic heterocycles. The normalized spacial score (nSPS) is 31.4. The molecule has 268 valence electrons. The minimum atomic E-state index is -1.29. The van der Waals surface area contributed by atoms with Crippen LogP contribution in [-0.4, -0.2) is 52.6 Å². The molecule has 7 aliphatic rings. The quantitative estimate of drug-likeness (QED) is 0.222. The molecule has 9 atom stereocenters. The zero-order chi connectivity index (χ0) is 35.8. The maximum absolute atomic E-state index is 13.9. The number of nitrogens with zero attached hydrogens (tertiary/aromatic N) is 1.